The van der Waals surface area contributed by atoms with E-state index in [9.17, 15) is 23.2 Å². The Morgan fingerprint density at radius 2 is 2.00 bits per heavy atom. The average Bonchev–Trinajstić information content (AvgIpc) is 2.61. The molecule has 1 atom stereocenters. The molecule has 8 nitrogen and oxygen atoms in total. The van der Waals surface area contributed by atoms with Gasteiger partial charge in [0.2, 0.25) is 5.91 Å². The molecule has 0 radical (unpaired) electrons. The van der Waals surface area contributed by atoms with Gasteiger partial charge in [-0.3, -0.25) is 9.59 Å². The second-order valence-electron chi connectivity index (χ2n) is 5.95. The van der Waals surface area contributed by atoms with Crippen LogP contribution in [0.4, 0.5) is 19.3 Å². The number of aliphatic carboxylic acids is 1. The monoisotopic (exact) mass is 385 g/mol. The molecule has 1 aromatic carbocycles. The molecule has 3 N–H and O–H groups in total. The van der Waals surface area contributed by atoms with Crippen molar-refractivity contribution in [1.29, 1.82) is 0 Å². The number of halogens is 2. The molecule has 1 aliphatic heterocycles. The number of nitrogens with zero attached hydrogens (tertiary/aromatic N) is 1. The molecule has 10 heteroatoms. The van der Waals surface area contributed by atoms with Crippen LogP contribution in [0.3, 0.4) is 0 Å². The first-order valence-corrected chi connectivity index (χ1v) is 8.49. The Hall–Kier alpha value is -2.91. The number of anilines is 1. The molecule has 0 saturated carbocycles. The zero-order valence-corrected chi connectivity index (χ0v) is 14.5. The minimum atomic E-state index is -2.92. The summed E-state index contributed by atoms with van der Waals surface area (Å²) in [5.41, 5.74) is 0.523. The third kappa shape index (κ3) is 6.39. The van der Waals surface area contributed by atoms with Crippen molar-refractivity contribution in [2.75, 3.05) is 18.0 Å². The van der Waals surface area contributed by atoms with Gasteiger partial charge in [0.1, 0.15) is 11.8 Å². The summed E-state index contributed by atoms with van der Waals surface area (Å²) >= 11 is 0. The van der Waals surface area contributed by atoms with Gasteiger partial charge in [0.15, 0.2) is 0 Å². The summed E-state index contributed by atoms with van der Waals surface area (Å²) in [6.45, 7) is -2.28. The van der Waals surface area contributed by atoms with E-state index in [1.54, 1.807) is 0 Å². The van der Waals surface area contributed by atoms with Gasteiger partial charge in [0.25, 0.3) is 0 Å². The standard InChI is InChI=1S/C17H21F2N3O5/c18-16(19)27-12-7-5-11(6-8-12)22-10-2-3-13(15(22)25)21-17(26)20-9-1-4-14(23)24/h5-8,13,16H,1-4,9-10H2,(H,23,24)(H2,20,21,26). The number of carboxylic acids is 1. The van der Waals surface area contributed by atoms with E-state index >= 15 is 0 Å². The van der Waals surface area contributed by atoms with Crippen LogP contribution in [0.5, 0.6) is 5.75 Å². The fourth-order valence-corrected chi connectivity index (χ4v) is 2.72. The Kier molecular flexibility index (Phi) is 7.33. The first-order valence-electron chi connectivity index (χ1n) is 8.49. The lowest BCUT2D eigenvalue weighted by Gasteiger charge is -2.32. The summed E-state index contributed by atoms with van der Waals surface area (Å²) in [5.74, 6) is -1.25. The zero-order valence-electron chi connectivity index (χ0n) is 14.5. The number of carbonyl (C=O) groups excluding carboxylic acids is 2. The van der Waals surface area contributed by atoms with Gasteiger partial charge in [0.05, 0.1) is 0 Å². The van der Waals surface area contributed by atoms with Crippen LogP contribution in [-0.2, 0) is 9.59 Å². The Morgan fingerprint density at radius 3 is 2.63 bits per heavy atom. The van der Waals surface area contributed by atoms with E-state index in [2.05, 4.69) is 15.4 Å². The highest BCUT2D eigenvalue weighted by molar-refractivity contribution is 5.99. The first-order chi connectivity index (χ1) is 12.9. The first kappa shape index (κ1) is 20.4. The summed E-state index contributed by atoms with van der Waals surface area (Å²) in [7, 11) is 0. The maximum absolute atomic E-state index is 12.6. The van der Waals surface area contributed by atoms with E-state index in [-0.39, 0.29) is 24.6 Å². The quantitative estimate of drug-likeness (QED) is 0.593. The molecule has 1 heterocycles. The lowest BCUT2D eigenvalue weighted by atomic mass is 10.0. The highest BCUT2D eigenvalue weighted by Crippen LogP contribution is 2.24. The third-order valence-corrected chi connectivity index (χ3v) is 3.97. The van der Waals surface area contributed by atoms with E-state index in [0.29, 0.717) is 31.5 Å². The van der Waals surface area contributed by atoms with Crippen LogP contribution in [0.1, 0.15) is 25.7 Å². The van der Waals surface area contributed by atoms with Crippen LogP contribution in [0, 0.1) is 0 Å². The summed E-state index contributed by atoms with van der Waals surface area (Å²) in [6, 6.07) is 4.45. The number of urea groups is 1. The van der Waals surface area contributed by atoms with E-state index in [4.69, 9.17) is 5.11 Å². The topological polar surface area (TPSA) is 108 Å². The summed E-state index contributed by atoms with van der Waals surface area (Å²) < 4.78 is 28.7. The van der Waals surface area contributed by atoms with Gasteiger partial charge >= 0.3 is 18.6 Å². The van der Waals surface area contributed by atoms with Gasteiger partial charge in [-0.2, -0.15) is 8.78 Å². The number of nitrogens with one attached hydrogen (secondary N) is 2. The maximum Gasteiger partial charge on any atom is 0.387 e. The molecule has 3 amide bonds. The van der Waals surface area contributed by atoms with Crippen LogP contribution < -0.4 is 20.3 Å². The number of carbonyl (C=O) groups is 3. The lowest BCUT2D eigenvalue weighted by Crippen LogP contribution is -2.54. The van der Waals surface area contributed by atoms with Crippen molar-refractivity contribution in [3.63, 3.8) is 0 Å². The second-order valence-corrected chi connectivity index (χ2v) is 5.95. The van der Waals surface area contributed by atoms with Crippen molar-refractivity contribution >= 4 is 23.6 Å². The minimum absolute atomic E-state index is 0.00591. The SMILES string of the molecule is O=C(O)CCCNC(=O)NC1CCCN(c2ccc(OC(F)F)cc2)C1=O. The summed E-state index contributed by atoms with van der Waals surface area (Å²) in [4.78, 5) is 36.4. The van der Waals surface area contributed by atoms with E-state index in [0.717, 1.165) is 0 Å². The van der Waals surface area contributed by atoms with Gasteiger partial charge in [-0.25, -0.2) is 4.79 Å². The molecular weight excluding hydrogens is 364 g/mol. The number of hydrogen-bond acceptors (Lipinski definition) is 4. The minimum Gasteiger partial charge on any atom is -0.481 e. The van der Waals surface area contributed by atoms with Crippen molar-refractivity contribution in [3.05, 3.63) is 24.3 Å². The zero-order chi connectivity index (χ0) is 19.8. The maximum atomic E-state index is 12.6. The molecule has 0 aliphatic carbocycles. The van der Waals surface area contributed by atoms with E-state index in [1.807, 2.05) is 0 Å². The number of ether oxygens (including phenoxy) is 1. The van der Waals surface area contributed by atoms with Gasteiger partial charge in [-0.15, -0.1) is 0 Å². The van der Waals surface area contributed by atoms with Crippen molar-refractivity contribution in [1.82, 2.24) is 10.6 Å². The molecule has 1 aromatic rings. The third-order valence-electron chi connectivity index (χ3n) is 3.97. The molecule has 0 aromatic heterocycles. The Bertz CT molecular complexity index is 669. The highest BCUT2D eigenvalue weighted by Gasteiger charge is 2.30. The van der Waals surface area contributed by atoms with Crippen molar-refractivity contribution in [2.24, 2.45) is 0 Å². The Labute approximate surface area is 154 Å². The van der Waals surface area contributed by atoms with Crippen LogP contribution >= 0.6 is 0 Å². The van der Waals surface area contributed by atoms with Crippen LogP contribution in [0.25, 0.3) is 0 Å². The largest absolute Gasteiger partial charge is 0.481 e. The molecular formula is C17H21F2N3O5. The van der Waals surface area contributed by atoms with Gasteiger partial charge < -0.3 is 25.4 Å². The molecule has 148 valence electrons. The molecule has 1 fully saturated rings. The average molecular weight is 385 g/mol. The predicted molar refractivity (Wildman–Crippen MR) is 91.9 cm³/mol. The van der Waals surface area contributed by atoms with Gasteiger partial charge in [-0.05, 0) is 43.5 Å². The Morgan fingerprint density at radius 1 is 1.30 bits per heavy atom. The molecule has 0 spiro atoms. The molecule has 27 heavy (non-hydrogen) atoms. The van der Waals surface area contributed by atoms with Crippen LogP contribution in [0.2, 0.25) is 0 Å². The Balaban J connectivity index is 1.89. The number of rotatable bonds is 8. The summed E-state index contributed by atoms with van der Waals surface area (Å²) in [6.07, 6.45) is 1.37. The number of hydrogen-bond donors (Lipinski definition) is 3. The predicted octanol–water partition coefficient (Wildman–Crippen LogP) is 1.95. The molecule has 0 bridgehead atoms. The molecule has 2 rings (SSSR count). The number of piperidine rings is 1. The van der Waals surface area contributed by atoms with Crippen molar-refractivity contribution in [2.45, 2.75) is 38.3 Å². The normalized spacial score (nSPS) is 16.9. The summed E-state index contributed by atoms with van der Waals surface area (Å²) in [5, 5.41) is 13.6. The van der Waals surface area contributed by atoms with Gasteiger partial charge in [-0.1, -0.05) is 0 Å². The smallest absolute Gasteiger partial charge is 0.387 e. The lowest BCUT2D eigenvalue weighted by molar-refractivity contribution is -0.137. The van der Waals surface area contributed by atoms with E-state index < -0.39 is 24.7 Å². The second kappa shape index (κ2) is 9.70. The van der Waals surface area contributed by atoms with Gasteiger partial charge in [0, 0.05) is 25.2 Å². The molecule has 1 unspecified atom stereocenters. The highest BCUT2D eigenvalue weighted by atomic mass is 19.3. The fraction of sp³-hybridized carbons (Fsp3) is 0.471. The number of benzene rings is 1. The number of amides is 3. The number of carboxylic acid groups (broad SMARTS) is 1. The van der Waals surface area contributed by atoms with E-state index in [1.165, 1.54) is 29.2 Å². The van der Waals surface area contributed by atoms with Crippen LogP contribution in [0.15, 0.2) is 24.3 Å². The molecule has 1 saturated heterocycles. The van der Waals surface area contributed by atoms with Crippen LogP contribution in [-0.4, -0.2) is 48.8 Å². The number of alkyl halides is 2. The van der Waals surface area contributed by atoms with Crippen molar-refractivity contribution in [3.8, 4) is 5.75 Å². The molecule has 1 aliphatic rings. The van der Waals surface area contributed by atoms with Crippen molar-refractivity contribution < 1.29 is 33.0 Å². The fourth-order valence-electron chi connectivity index (χ4n) is 2.72.